The van der Waals surface area contributed by atoms with Gasteiger partial charge in [-0.1, -0.05) is 46.9 Å². The molecular formula is C16H14Cl3NO3. The van der Waals surface area contributed by atoms with E-state index in [1.54, 1.807) is 36.4 Å². The quantitative estimate of drug-likeness (QED) is 0.795. The Bertz CT molecular complexity index is 681. The number of halogens is 3. The average molecular weight is 375 g/mol. The van der Waals surface area contributed by atoms with Crippen LogP contribution in [0.15, 0.2) is 36.4 Å². The first-order valence-electron chi connectivity index (χ1n) is 6.70. The highest BCUT2D eigenvalue weighted by Crippen LogP contribution is 2.30. The fourth-order valence-electron chi connectivity index (χ4n) is 1.93. The predicted molar refractivity (Wildman–Crippen MR) is 91.6 cm³/mol. The predicted octanol–water partition coefficient (Wildman–Crippen LogP) is 4.18. The van der Waals surface area contributed by atoms with Crippen molar-refractivity contribution in [3.05, 3.63) is 62.6 Å². The standard InChI is InChI=1S/C16H14Cl3NO3/c17-10-6-13(18)12(14(19)7-10)8-23-11-3-1-9(2-4-11)5-15(20)16(21)22/h1-4,6-7,15H,5,8,20H2,(H,21,22)/t15-/m0/s1. The Morgan fingerprint density at radius 2 is 1.70 bits per heavy atom. The lowest BCUT2D eigenvalue weighted by atomic mass is 10.1. The molecule has 0 spiro atoms. The summed E-state index contributed by atoms with van der Waals surface area (Å²) < 4.78 is 5.64. The third kappa shape index (κ3) is 5.01. The van der Waals surface area contributed by atoms with Crippen LogP contribution in [-0.2, 0) is 17.8 Å². The van der Waals surface area contributed by atoms with E-state index in [-0.39, 0.29) is 13.0 Å². The van der Waals surface area contributed by atoms with Gasteiger partial charge in [-0.3, -0.25) is 4.79 Å². The second-order valence-electron chi connectivity index (χ2n) is 4.93. The van der Waals surface area contributed by atoms with Crippen molar-refractivity contribution in [2.24, 2.45) is 5.73 Å². The fraction of sp³-hybridized carbons (Fsp3) is 0.188. The molecule has 0 unspecified atom stereocenters. The molecule has 2 aromatic carbocycles. The number of benzene rings is 2. The van der Waals surface area contributed by atoms with Gasteiger partial charge < -0.3 is 15.6 Å². The van der Waals surface area contributed by atoms with Gasteiger partial charge in [-0.2, -0.15) is 0 Å². The molecule has 0 bridgehead atoms. The molecule has 3 N–H and O–H groups in total. The molecule has 0 saturated carbocycles. The zero-order valence-corrected chi connectivity index (χ0v) is 14.2. The van der Waals surface area contributed by atoms with Crippen LogP contribution in [0.3, 0.4) is 0 Å². The van der Waals surface area contributed by atoms with Crippen molar-refractivity contribution in [3.63, 3.8) is 0 Å². The molecule has 4 nitrogen and oxygen atoms in total. The van der Waals surface area contributed by atoms with Crippen molar-refractivity contribution in [2.45, 2.75) is 19.1 Å². The van der Waals surface area contributed by atoms with Crippen LogP contribution < -0.4 is 10.5 Å². The van der Waals surface area contributed by atoms with Crippen LogP contribution in [0.4, 0.5) is 0 Å². The van der Waals surface area contributed by atoms with Crippen molar-refractivity contribution in [1.29, 1.82) is 0 Å². The van der Waals surface area contributed by atoms with Gasteiger partial charge in [0.2, 0.25) is 0 Å². The first-order valence-corrected chi connectivity index (χ1v) is 7.83. The number of rotatable bonds is 6. The van der Waals surface area contributed by atoms with E-state index >= 15 is 0 Å². The van der Waals surface area contributed by atoms with Gasteiger partial charge in [-0.15, -0.1) is 0 Å². The third-order valence-corrected chi connectivity index (χ3v) is 4.08. The Morgan fingerprint density at radius 1 is 1.13 bits per heavy atom. The van der Waals surface area contributed by atoms with E-state index in [4.69, 9.17) is 50.4 Å². The van der Waals surface area contributed by atoms with Crippen LogP contribution in [0.2, 0.25) is 15.1 Å². The molecular weight excluding hydrogens is 361 g/mol. The molecule has 0 aliphatic carbocycles. The first kappa shape index (κ1) is 17.9. The Kier molecular flexibility index (Phi) is 6.13. The van der Waals surface area contributed by atoms with E-state index in [0.29, 0.717) is 26.4 Å². The van der Waals surface area contributed by atoms with Gasteiger partial charge in [0.05, 0.1) is 10.0 Å². The topological polar surface area (TPSA) is 72.5 Å². The number of carboxylic acids is 1. The van der Waals surface area contributed by atoms with E-state index in [0.717, 1.165) is 5.56 Å². The molecule has 0 aliphatic heterocycles. The lowest BCUT2D eigenvalue weighted by Crippen LogP contribution is -2.32. The molecule has 1 atom stereocenters. The summed E-state index contributed by atoms with van der Waals surface area (Å²) in [5.41, 5.74) is 6.96. The van der Waals surface area contributed by atoms with Crippen molar-refractivity contribution in [1.82, 2.24) is 0 Å². The van der Waals surface area contributed by atoms with E-state index in [1.807, 2.05) is 0 Å². The maximum Gasteiger partial charge on any atom is 0.320 e. The van der Waals surface area contributed by atoms with Crippen molar-refractivity contribution in [2.75, 3.05) is 0 Å². The molecule has 122 valence electrons. The highest BCUT2D eigenvalue weighted by molar-refractivity contribution is 6.39. The molecule has 0 amide bonds. The molecule has 2 aromatic rings. The SMILES string of the molecule is N[C@@H](Cc1ccc(OCc2c(Cl)cc(Cl)cc2Cl)cc1)C(=O)O. The molecule has 7 heteroatoms. The number of hydrogen-bond donors (Lipinski definition) is 2. The van der Waals surface area contributed by atoms with Crippen LogP contribution in [0.1, 0.15) is 11.1 Å². The van der Waals surface area contributed by atoms with Crippen molar-refractivity contribution < 1.29 is 14.6 Å². The summed E-state index contributed by atoms with van der Waals surface area (Å²) in [6.07, 6.45) is 0.254. The van der Waals surface area contributed by atoms with Crippen LogP contribution >= 0.6 is 34.8 Å². The van der Waals surface area contributed by atoms with E-state index in [1.165, 1.54) is 0 Å². The van der Waals surface area contributed by atoms with Gasteiger partial charge in [-0.05, 0) is 36.2 Å². The smallest absolute Gasteiger partial charge is 0.320 e. The number of carbonyl (C=O) groups is 1. The Hall–Kier alpha value is -1.46. The van der Waals surface area contributed by atoms with Gasteiger partial charge >= 0.3 is 5.97 Å². The summed E-state index contributed by atoms with van der Waals surface area (Å²) in [6.45, 7) is 0.197. The molecule has 0 heterocycles. The van der Waals surface area contributed by atoms with Gasteiger partial charge in [0.1, 0.15) is 18.4 Å². The monoisotopic (exact) mass is 373 g/mol. The summed E-state index contributed by atoms with van der Waals surface area (Å²) in [5, 5.41) is 10.1. The maximum absolute atomic E-state index is 10.7. The lowest BCUT2D eigenvalue weighted by Gasteiger charge is -2.11. The minimum Gasteiger partial charge on any atom is -0.489 e. The summed E-state index contributed by atoms with van der Waals surface area (Å²) in [6, 6.07) is 9.29. The fourth-order valence-corrected chi connectivity index (χ4v) is 2.85. The summed E-state index contributed by atoms with van der Waals surface area (Å²) in [4.78, 5) is 10.7. The lowest BCUT2D eigenvalue weighted by molar-refractivity contribution is -0.138. The largest absolute Gasteiger partial charge is 0.489 e. The Labute approximate surface area is 148 Å². The van der Waals surface area contributed by atoms with E-state index < -0.39 is 12.0 Å². The van der Waals surface area contributed by atoms with Crippen LogP contribution in [0.25, 0.3) is 0 Å². The molecule has 0 aliphatic rings. The van der Waals surface area contributed by atoms with Gasteiger partial charge in [0.15, 0.2) is 0 Å². The molecule has 0 fully saturated rings. The van der Waals surface area contributed by atoms with E-state index in [9.17, 15) is 4.79 Å². The van der Waals surface area contributed by atoms with Crippen LogP contribution in [0.5, 0.6) is 5.75 Å². The van der Waals surface area contributed by atoms with Crippen LogP contribution in [0, 0.1) is 0 Å². The average Bonchev–Trinajstić information content (AvgIpc) is 2.47. The zero-order valence-electron chi connectivity index (χ0n) is 11.9. The second-order valence-corrected chi connectivity index (χ2v) is 6.18. The summed E-state index contributed by atoms with van der Waals surface area (Å²) >= 11 is 18.0. The van der Waals surface area contributed by atoms with Gasteiger partial charge in [0.25, 0.3) is 0 Å². The van der Waals surface area contributed by atoms with Gasteiger partial charge in [0, 0.05) is 10.6 Å². The number of nitrogens with two attached hydrogens (primary N) is 1. The number of hydrogen-bond acceptors (Lipinski definition) is 3. The first-order chi connectivity index (χ1) is 10.9. The Balaban J connectivity index is 2.01. The van der Waals surface area contributed by atoms with Crippen LogP contribution in [-0.4, -0.2) is 17.1 Å². The normalized spacial score (nSPS) is 12.0. The van der Waals surface area contributed by atoms with Crippen molar-refractivity contribution >= 4 is 40.8 Å². The number of aliphatic carboxylic acids is 1. The second kappa shape index (κ2) is 7.88. The maximum atomic E-state index is 10.7. The molecule has 0 radical (unpaired) electrons. The zero-order chi connectivity index (χ0) is 17.0. The highest BCUT2D eigenvalue weighted by Gasteiger charge is 2.12. The highest BCUT2D eigenvalue weighted by atomic mass is 35.5. The van der Waals surface area contributed by atoms with Crippen molar-refractivity contribution in [3.8, 4) is 5.75 Å². The summed E-state index contributed by atoms with van der Waals surface area (Å²) in [7, 11) is 0. The Morgan fingerprint density at radius 3 is 2.22 bits per heavy atom. The molecule has 23 heavy (non-hydrogen) atoms. The molecule has 0 aromatic heterocycles. The third-order valence-electron chi connectivity index (χ3n) is 3.19. The summed E-state index contributed by atoms with van der Waals surface area (Å²) in [5.74, 6) is -0.419. The van der Waals surface area contributed by atoms with E-state index in [2.05, 4.69) is 0 Å². The molecule has 0 saturated heterocycles. The minimum absolute atomic E-state index is 0.197. The minimum atomic E-state index is -1.03. The van der Waals surface area contributed by atoms with Gasteiger partial charge in [-0.25, -0.2) is 0 Å². The molecule has 2 rings (SSSR count). The number of carboxylic acid groups (broad SMARTS) is 1. The number of ether oxygens (including phenoxy) is 1.